The normalized spacial score (nSPS) is 28.4. The lowest BCUT2D eigenvalue weighted by molar-refractivity contribution is 0.0571. The highest BCUT2D eigenvalue weighted by atomic mass is 16.3. The fourth-order valence-corrected chi connectivity index (χ4v) is 3.64. The summed E-state index contributed by atoms with van der Waals surface area (Å²) in [6.07, 6.45) is 3.21. The standard InChI is InChI=1S/C19H24O/c1-13-10-11-16(12-14(13)2)19(20)18-9-5-7-15-6-3-4-8-17(15)18/h3-9,13-14,16,19-20H,10-12H2,1-2H3. The van der Waals surface area contributed by atoms with Gasteiger partial charge >= 0.3 is 0 Å². The van der Waals surface area contributed by atoms with Crippen LogP contribution in [0.2, 0.25) is 0 Å². The van der Waals surface area contributed by atoms with E-state index in [9.17, 15) is 5.11 Å². The molecular weight excluding hydrogens is 244 g/mol. The highest BCUT2D eigenvalue weighted by Crippen LogP contribution is 2.41. The Labute approximate surface area is 121 Å². The molecule has 0 bridgehead atoms. The summed E-state index contributed by atoms with van der Waals surface area (Å²) in [5.74, 6) is 1.93. The van der Waals surface area contributed by atoms with E-state index in [2.05, 4.69) is 56.3 Å². The number of benzene rings is 2. The van der Waals surface area contributed by atoms with Crippen LogP contribution in [0.3, 0.4) is 0 Å². The Kier molecular flexibility index (Phi) is 3.80. The molecule has 1 aliphatic rings. The first kappa shape index (κ1) is 13.6. The van der Waals surface area contributed by atoms with Crippen LogP contribution < -0.4 is 0 Å². The molecule has 1 aliphatic carbocycles. The Bertz CT molecular complexity index is 584. The first-order chi connectivity index (χ1) is 9.66. The molecule has 0 radical (unpaired) electrons. The van der Waals surface area contributed by atoms with Gasteiger partial charge in [0.25, 0.3) is 0 Å². The minimum atomic E-state index is -0.323. The van der Waals surface area contributed by atoms with Crippen LogP contribution in [0.15, 0.2) is 42.5 Å². The Morgan fingerprint density at radius 1 is 0.950 bits per heavy atom. The van der Waals surface area contributed by atoms with E-state index in [1.165, 1.54) is 17.2 Å². The number of fused-ring (bicyclic) bond motifs is 1. The summed E-state index contributed by atoms with van der Waals surface area (Å²) in [4.78, 5) is 0. The van der Waals surface area contributed by atoms with Crippen molar-refractivity contribution in [1.29, 1.82) is 0 Å². The summed E-state index contributed by atoms with van der Waals surface area (Å²) in [6.45, 7) is 4.66. The SMILES string of the molecule is CC1CCC(C(O)c2cccc3ccccc23)CC1C. The molecule has 0 heterocycles. The van der Waals surface area contributed by atoms with Crippen LogP contribution in [0.5, 0.6) is 0 Å². The predicted molar refractivity (Wildman–Crippen MR) is 84.6 cm³/mol. The van der Waals surface area contributed by atoms with E-state index in [1.807, 2.05) is 0 Å². The summed E-state index contributed by atoms with van der Waals surface area (Å²) in [7, 11) is 0. The monoisotopic (exact) mass is 268 g/mol. The van der Waals surface area contributed by atoms with Gasteiger partial charge in [-0.1, -0.05) is 62.7 Å². The van der Waals surface area contributed by atoms with Crippen LogP contribution >= 0.6 is 0 Å². The lowest BCUT2D eigenvalue weighted by Gasteiger charge is -2.35. The lowest BCUT2D eigenvalue weighted by Crippen LogP contribution is -2.25. The number of hydrogen-bond donors (Lipinski definition) is 1. The average molecular weight is 268 g/mol. The van der Waals surface area contributed by atoms with Crippen molar-refractivity contribution in [2.24, 2.45) is 17.8 Å². The number of aliphatic hydroxyl groups is 1. The maximum atomic E-state index is 10.8. The molecule has 4 atom stereocenters. The largest absolute Gasteiger partial charge is 0.388 e. The summed E-state index contributed by atoms with van der Waals surface area (Å²) >= 11 is 0. The zero-order valence-corrected chi connectivity index (χ0v) is 12.4. The van der Waals surface area contributed by atoms with Gasteiger partial charge in [0.05, 0.1) is 6.10 Å². The molecule has 4 unspecified atom stereocenters. The van der Waals surface area contributed by atoms with Crippen molar-refractivity contribution in [3.63, 3.8) is 0 Å². The van der Waals surface area contributed by atoms with Crippen molar-refractivity contribution >= 4 is 10.8 Å². The molecule has 1 saturated carbocycles. The van der Waals surface area contributed by atoms with Gasteiger partial charge in [0, 0.05) is 0 Å². The van der Waals surface area contributed by atoms with Crippen LogP contribution in [-0.2, 0) is 0 Å². The molecule has 20 heavy (non-hydrogen) atoms. The highest BCUT2D eigenvalue weighted by molar-refractivity contribution is 5.85. The van der Waals surface area contributed by atoms with E-state index in [-0.39, 0.29) is 6.10 Å². The first-order valence-electron chi connectivity index (χ1n) is 7.82. The third-order valence-electron chi connectivity index (χ3n) is 5.23. The van der Waals surface area contributed by atoms with Gasteiger partial charge in [-0.15, -0.1) is 0 Å². The van der Waals surface area contributed by atoms with Gasteiger partial charge < -0.3 is 5.11 Å². The van der Waals surface area contributed by atoms with Gasteiger partial charge in [0.2, 0.25) is 0 Å². The second-order valence-corrected chi connectivity index (χ2v) is 6.54. The van der Waals surface area contributed by atoms with Gasteiger partial charge in [-0.25, -0.2) is 0 Å². The quantitative estimate of drug-likeness (QED) is 0.817. The third-order valence-corrected chi connectivity index (χ3v) is 5.23. The molecule has 3 rings (SSSR count). The zero-order valence-electron chi connectivity index (χ0n) is 12.4. The van der Waals surface area contributed by atoms with E-state index in [0.29, 0.717) is 5.92 Å². The Morgan fingerprint density at radius 3 is 2.50 bits per heavy atom. The molecule has 1 nitrogen and oxygen atoms in total. The van der Waals surface area contributed by atoms with Gasteiger partial charge in [-0.2, -0.15) is 0 Å². The predicted octanol–water partition coefficient (Wildman–Crippen LogP) is 4.95. The molecule has 106 valence electrons. The molecule has 0 amide bonds. The second kappa shape index (κ2) is 5.57. The minimum absolute atomic E-state index is 0.323. The summed E-state index contributed by atoms with van der Waals surface area (Å²) in [5, 5.41) is 13.3. The van der Waals surface area contributed by atoms with Crippen molar-refractivity contribution in [2.75, 3.05) is 0 Å². The van der Waals surface area contributed by atoms with Gasteiger partial charge in [-0.05, 0) is 46.9 Å². The first-order valence-corrected chi connectivity index (χ1v) is 7.82. The molecule has 0 spiro atoms. The Morgan fingerprint density at radius 2 is 1.70 bits per heavy atom. The van der Waals surface area contributed by atoms with Crippen LogP contribution in [0.4, 0.5) is 0 Å². The van der Waals surface area contributed by atoms with Gasteiger partial charge in [0.1, 0.15) is 0 Å². The topological polar surface area (TPSA) is 20.2 Å². The van der Waals surface area contributed by atoms with Crippen molar-refractivity contribution in [1.82, 2.24) is 0 Å². The maximum absolute atomic E-state index is 10.8. The Hall–Kier alpha value is -1.34. The van der Waals surface area contributed by atoms with E-state index in [0.717, 1.165) is 30.2 Å². The average Bonchev–Trinajstić information content (AvgIpc) is 2.49. The van der Waals surface area contributed by atoms with Gasteiger partial charge in [0.15, 0.2) is 0 Å². The van der Waals surface area contributed by atoms with Crippen LogP contribution in [-0.4, -0.2) is 5.11 Å². The summed E-state index contributed by atoms with van der Waals surface area (Å²) in [5.41, 5.74) is 1.11. The Balaban J connectivity index is 1.91. The fourth-order valence-electron chi connectivity index (χ4n) is 3.64. The molecule has 0 aliphatic heterocycles. The molecule has 1 heteroatoms. The second-order valence-electron chi connectivity index (χ2n) is 6.54. The molecule has 2 aromatic carbocycles. The van der Waals surface area contributed by atoms with Crippen LogP contribution in [0.1, 0.15) is 44.8 Å². The van der Waals surface area contributed by atoms with Crippen molar-refractivity contribution < 1.29 is 5.11 Å². The summed E-state index contributed by atoms with van der Waals surface area (Å²) in [6, 6.07) is 14.6. The number of rotatable bonds is 2. The smallest absolute Gasteiger partial charge is 0.0824 e. The van der Waals surface area contributed by atoms with Crippen molar-refractivity contribution in [2.45, 2.75) is 39.2 Å². The lowest BCUT2D eigenvalue weighted by atomic mass is 9.72. The molecule has 0 saturated heterocycles. The summed E-state index contributed by atoms with van der Waals surface area (Å²) < 4.78 is 0. The third kappa shape index (κ3) is 2.47. The van der Waals surface area contributed by atoms with Crippen molar-refractivity contribution in [3.8, 4) is 0 Å². The highest BCUT2D eigenvalue weighted by Gasteiger charge is 2.30. The van der Waals surface area contributed by atoms with Crippen LogP contribution in [0.25, 0.3) is 10.8 Å². The molecule has 0 aromatic heterocycles. The number of hydrogen-bond acceptors (Lipinski definition) is 1. The van der Waals surface area contributed by atoms with E-state index in [4.69, 9.17) is 0 Å². The molecule has 1 fully saturated rings. The van der Waals surface area contributed by atoms with E-state index < -0.39 is 0 Å². The molecule has 1 N–H and O–H groups in total. The van der Waals surface area contributed by atoms with E-state index >= 15 is 0 Å². The van der Waals surface area contributed by atoms with Crippen LogP contribution in [0, 0.1) is 17.8 Å². The molecular formula is C19H24O. The van der Waals surface area contributed by atoms with Gasteiger partial charge in [-0.3, -0.25) is 0 Å². The number of aliphatic hydroxyl groups excluding tert-OH is 1. The van der Waals surface area contributed by atoms with E-state index in [1.54, 1.807) is 0 Å². The minimum Gasteiger partial charge on any atom is -0.388 e. The van der Waals surface area contributed by atoms with Crippen molar-refractivity contribution in [3.05, 3.63) is 48.0 Å². The zero-order chi connectivity index (χ0) is 14.1. The fraction of sp³-hybridized carbons (Fsp3) is 0.474. The maximum Gasteiger partial charge on any atom is 0.0824 e. The molecule has 2 aromatic rings.